The molecule has 0 amide bonds. The van der Waals surface area contributed by atoms with Crippen molar-refractivity contribution in [3.05, 3.63) is 28.2 Å². The van der Waals surface area contributed by atoms with E-state index < -0.39 is 0 Å². The van der Waals surface area contributed by atoms with Crippen LogP contribution in [0.1, 0.15) is 29.6 Å². The minimum Gasteiger partial charge on any atom is -0.368 e. The molecule has 112 valence electrons. The summed E-state index contributed by atoms with van der Waals surface area (Å²) in [5.74, 6) is 1.65. The van der Waals surface area contributed by atoms with Crippen molar-refractivity contribution in [2.45, 2.75) is 25.4 Å². The van der Waals surface area contributed by atoms with Crippen molar-refractivity contribution in [1.82, 2.24) is 19.9 Å². The van der Waals surface area contributed by atoms with Gasteiger partial charge in [-0.05, 0) is 30.8 Å². The lowest BCUT2D eigenvalue weighted by Crippen LogP contribution is -2.25. The zero-order valence-electron chi connectivity index (χ0n) is 12.4. The standard InChI is InChI=1S/C14H20N6S/c1-19(2)14-17-12(16-13(15)18-14)9-20-7-3-5-10(20)11-6-4-8-21-11/h4,6,8,10H,3,5,7,9H2,1-2H3,(H2,15,16,17,18)/t10-/m1/s1. The van der Waals surface area contributed by atoms with E-state index in [9.17, 15) is 0 Å². The highest BCUT2D eigenvalue weighted by Gasteiger charge is 2.27. The predicted molar refractivity (Wildman–Crippen MR) is 85.3 cm³/mol. The van der Waals surface area contributed by atoms with E-state index in [0.29, 0.717) is 12.0 Å². The van der Waals surface area contributed by atoms with Crippen LogP contribution in [0.2, 0.25) is 0 Å². The maximum atomic E-state index is 5.80. The van der Waals surface area contributed by atoms with E-state index in [1.807, 2.05) is 30.3 Å². The van der Waals surface area contributed by atoms with Gasteiger partial charge in [0.25, 0.3) is 0 Å². The molecule has 0 bridgehead atoms. The maximum Gasteiger partial charge on any atom is 0.229 e. The van der Waals surface area contributed by atoms with Crippen LogP contribution in [0.25, 0.3) is 0 Å². The number of hydrogen-bond donors (Lipinski definition) is 1. The molecule has 1 aliphatic heterocycles. The number of nitrogen functional groups attached to an aromatic ring is 1. The van der Waals surface area contributed by atoms with Gasteiger partial charge >= 0.3 is 0 Å². The van der Waals surface area contributed by atoms with E-state index in [-0.39, 0.29) is 5.95 Å². The summed E-state index contributed by atoms with van der Waals surface area (Å²) in [5.41, 5.74) is 5.80. The zero-order chi connectivity index (χ0) is 14.8. The molecule has 6 nitrogen and oxygen atoms in total. The second kappa shape index (κ2) is 5.95. The van der Waals surface area contributed by atoms with Crippen LogP contribution in [0, 0.1) is 0 Å². The molecule has 1 fully saturated rings. The summed E-state index contributed by atoms with van der Waals surface area (Å²) in [4.78, 5) is 18.6. The number of thiophene rings is 1. The molecule has 1 atom stereocenters. The van der Waals surface area contributed by atoms with E-state index in [0.717, 1.165) is 18.9 Å². The molecule has 2 N–H and O–H groups in total. The van der Waals surface area contributed by atoms with Crippen LogP contribution in [-0.2, 0) is 6.54 Å². The van der Waals surface area contributed by atoms with Crippen LogP contribution in [0.3, 0.4) is 0 Å². The number of nitrogens with two attached hydrogens (primary N) is 1. The van der Waals surface area contributed by atoms with Gasteiger partial charge in [0.15, 0.2) is 0 Å². The summed E-state index contributed by atoms with van der Waals surface area (Å²) < 4.78 is 0. The Morgan fingerprint density at radius 3 is 2.95 bits per heavy atom. The third-order valence-electron chi connectivity index (χ3n) is 3.67. The fourth-order valence-corrected chi connectivity index (χ4v) is 3.59. The summed E-state index contributed by atoms with van der Waals surface area (Å²) >= 11 is 1.82. The highest BCUT2D eigenvalue weighted by molar-refractivity contribution is 7.10. The molecule has 21 heavy (non-hydrogen) atoms. The van der Waals surface area contributed by atoms with E-state index in [2.05, 4.69) is 37.4 Å². The van der Waals surface area contributed by atoms with Gasteiger partial charge in [0.05, 0.1) is 6.54 Å². The molecule has 0 spiro atoms. The third-order valence-corrected chi connectivity index (χ3v) is 4.64. The lowest BCUT2D eigenvalue weighted by molar-refractivity contribution is 0.245. The molecule has 2 aromatic rings. The largest absolute Gasteiger partial charge is 0.368 e. The minimum atomic E-state index is 0.288. The van der Waals surface area contributed by atoms with Crippen LogP contribution in [-0.4, -0.2) is 40.5 Å². The van der Waals surface area contributed by atoms with Crippen LogP contribution < -0.4 is 10.6 Å². The van der Waals surface area contributed by atoms with Crippen LogP contribution in [0.4, 0.5) is 11.9 Å². The summed E-state index contributed by atoms with van der Waals surface area (Å²) in [6.45, 7) is 1.79. The molecular formula is C14H20N6S. The highest BCUT2D eigenvalue weighted by Crippen LogP contribution is 2.35. The minimum absolute atomic E-state index is 0.288. The lowest BCUT2D eigenvalue weighted by Gasteiger charge is -2.23. The van der Waals surface area contributed by atoms with Crippen molar-refractivity contribution in [3.63, 3.8) is 0 Å². The Morgan fingerprint density at radius 1 is 1.38 bits per heavy atom. The first-order chi connectivity index (χ1) is 10.1. The number of aromatic nitrogens is 3. The summed E-state index contributed by atoms with van der Waals surface area (Å²) in [5, 5.41) is 2.14. The van der Waals surface area contributed by atoms with Gasteiger partial charge < -0.3 is 10.6 Å². The first-order valence-electron chi connectivity index (χ1n) is 7.08. The smallest absolute Gasteiger partial charge is 0.229 e. The van der Waals surface area contributed by atoms with Gasteiger partial charge in [-0.3, -0.25) is 4.90 Å². The van der Waals surface area contributed by atoms with Crippen molar-refractivity contribution >= 4 is 23.2 Å². The average Bonchev–Trinajstić information content (AvgIpc) is 3.08. The molecule has 0 unspecified atom stereocenters. The van der Waals surface area contributed by atoms with Crippen LogP contribution >= 0.6 is 11.3 Å². The number of nitrogens with zero attached hydrogens (tertiary/aromatic N) is 5. The maximum absolute atomic E-state index is 5.80. The fraction of sp³-hybridized carbons (Fsp3) is 0.500. The first-order valence-corrected chi connectivity index (χ1v) is 7.96. The normalized spacial score (nSPS) is 19.0. The Kier molecular flexibility index (Phi) is 4.03. The average molecular weight is 304 g/mol. The third kappa shape index (κ3) is 3.14. The van der Waals surface area contributed by atoms with Crippen molar-refractivity contribution in [2.75, 3.05) is 31.3 Å². The highest BCUT2D eigenvalue weighted by atomic mass is 32.1. The Morgan fingerprint density at radius 2 is 2.24 bits per heavy atom. The molecule has 1 aliphatic rings. The van der Waals surface area contributed by atoms with E-state index in [4.69, 9.17) is 5.73 Å². The molecule has 7 heteroatoms. The second-order valence-corrected chi connectivity index (χ2v) is 6.43. The van der Waals surface area contributed by atoms with Gasteiger partial charge in [-0.2, -0.15) is 15.0 Å². The summed E-state index contributed by atoms with van der Waals surface area (Å²) in [6.07, 6.45) is 2.41. The Hall–Kier alpha value is -1.73. The Bertz CT molecular complexity index is 598. The quantitative estimate of drug-likeness (QED) is 0.930. The van der Waals surface area contributed by atoms with Crippen molar-refractivity contribution in [1.29, 1.82) is 0 Å². The van der Waals surface area contributed by atoms with Gasteiger partial charge in [-0.15, -0.1) is 11.3 Å². The van der Waals surface area contributed by atoms with Crippen molar-refractivity contribution in [3.8, 4) is 0 Å². The van der Waals surface area contributed by atoms with Gasteiger partial charge in [0.2, 0.25) is 11.9 Å². The second-order valence-electron chi connectivity index (χ2n) is 5.45. The van der Waals surface area contributed by atoms with E-state index in [1.54, 1.807) is 0 Å². The molecule has 0 saturated carbocycles. The lowest BCUT2D eigenvalue weighted by atomic mass is 10.2. The van der Waals surface area contributed by atoms with Crippen LogP contribution in [0.15, 0.2) is 17.5 Å². The number of hydrogen-bond acceptors (Lipinski definition) is 7. The molecule has 0 radical (unpaired) electrons. The van der Waals surface area contributed by atoms with E-state index >= 15 is 0 Å². The Balaban J connectivity index is 1.79. The molecular weight excluding hydrogens is 284 g/mol. The first kappa shape index (κ1) is 14.2. The molecule has 3 rings (SSSR count). The van der Waals surface area contributed by atoms with Gasteiger partial charge in [0, 0.05) is 25.0 Å². The monoisotopic (exact) mass is 304 g/mol. The molecule has 3 heterocycles. The van der Waals surface area contributed by atoms with Crippen LogP contribution in [0.5, 0.6) is 0 Å². The molecule has 0 aromatic carbocycles. The predicted octanol–water partition coefficient (Wildman–Crippen LogP) is 1.92. The fourth-order valence-electron chi connectivity index (χ4n) is 2.70. The number of rotatable bonds is 4. The number of likely N-dealkylation sites (tertiary alicyclic amines) is 1. The summed E-state index contributed by atoms with van der Waals surface area (Å²) in [6, 6.07) is 4.80. The molecule has 1 saturated heterocycles. The van der Waals surface area contributed by atoms with Crippen molar-refractivity contribution in [2.24, 2.45) is 0 Å². The molecule has 0 aliphatic carbocycles. The zero-order valence-corrected chi connectivity index (χ0v) is 13.2. The Labute approximate surface area is 128 Å². The van der Waals surface area contributed by atoms with Gasteiger partial charge in [-0.1, -0.05) is 6.07 Å². The van der Waals surface area contributed by atoms with E-state index in [1.165, 1.54) is 17.7 Å². The topological polar surface area (TPSA) is 71.2 Å². The SMILES string of the molecule is CN(C)c1nc(N)nc(CN2CCC[C@@H]2c2cccs2)n1. The van der Waals surface area contributed by atoms with Gasteiger partial charge in [-0.25, -0.2) is 0 Å². The number of anilines is 2. The summed E-state index contributed by atoms with van der Waals surface area (Å²) in [7, 11) is 3.81. The van der Waals surface area contributed by atoms with Crippen molar-refractivity contribution < 1.29 is 0 Å². The molecule has 2 aromatic heterocycles. The van der Waals surface area contributed by atoms with Gasteiger partial charge in [0.1, 0.15) is 5.82 Å².